The molecule has 1 atom stereocenters. The van der Waals surface area contributed by atoms with E-state index in [0.29, 0.717) is 0 Å². The molecule has 0 aromatic rings. The van der Waals surface area contributed by atoms with Crippen LogP contribution in [0.1, 0.15) is 130 Å². The molecule has 1 unspecified atom stereocenters. The Morgan fingerprint density at radius 2 is 0.909 bits per heavy atom. The normalized spacial score (nSPS) is 13.0. The van der Waals surface area contributed by atoms with Crippen LogP contribution in [0.15, 0.2) is 0 Å². The first-order valence-corrected chi connectivity index (χ1v) is 10.7. The number of hydrogen-bond acceptors (Lipinski definition) is 0. The molecule has 0 N–H and O–H groups in total. The fourth-order valence-corrected chi connectivity index (χ4v) is 3.46. The van der Waals surface area contributed by atoms with Gasteiger partial charge >= 0.3 is 0 Å². The Hall–Kier alpha value is 0. The molecule has 22 heavy (non-hydrogen) atoms. The lowest BCUT2D eigenvalue weighted by Crippen LogP contribution is -1.99. The van der Waals surface area contributed by atoms with E-state index in [1.807, 2.05) is 0 Å². The van der Waals surface area contributed by atoms with Crippen LogP contribution < -0.4 is 0 Å². The second kappa shape index (κ2) is 17.4. The summed E-state index contributed by atoms with van der Waals surface area (Å²) >= 11 is 0. The zero-order valence-corrected chi connectivity index (χ0v) is 16.5. The highest BCUT2D eigenvalue weighted by Crippen LogP contribution is 2.21. The van der Waals surface area contributed by atoms with Crippen molar-refractivity contribution in [3.05, 3.63) is 0 Å². The molecule has 0 nitrogen and oxygen atoms in total. The number of hydrogen-bond donors (Lipinski definition) is 0. The monoisotopic (exact) mass is 310 g/mol. The first-order valence-electron chi connectivity index (χ1n) is 10.7. The zero-order chi connectivity index (χ0) is 16.5. The SMILES string of the molecule is CCCCCC(CC)CCCCCCCCCCCC(C)C. The summed E-state index contributed by atoms with van der Waals surface area (Å²) in [7, 11) is 0. The minimum absolute atomic E-state index is 0.897. The topological polar surface area (TPSA) is 0 Å². The molecule has 0 saturated heterocycles. The molecule has 0 amide bonds. The summed E-state index contributed by atoms with van der Waals surface area (Å²) in [5.41, 5.74) is 0. The maximum Gasteiger partial charge on any atom is -0.0417 e. The smallest absolute Gasteiger partial charge is 0.0417 e. The fraction of sp³-hybridized carbons (Fsp3) is 1.00. The van der Waals surface area contributed by atoms with E-state index in [2.05, 4.69) is 27.7 Å². The second-order valence-electron chi connectivity index (χ2n) is 7.92. The van der Waals surface area contributed by atoms with Crippen LogP contribution in [0.3, 0.4) is 0 Å². The van der Waals surface area contributed by atoms with Crippen molar-refractivity contribution in [1.82, 2.24) is 0 Å². The molecule has 0 aliphatic carbocycles. The van der Waals surface area contributed by atoms with Gasteiger partial charge < -0.3 is 0 Å². The van der Waals surface area contributed by atoms with Crippen LogP contribution in [0.4, 0.5) is 0 Å². The second-order valence-corrected chi connectivity index (χ2v) is 7.92. The highest BCUT2D eigenvalue weighted by atomic mass is 14.1. The Morgan fingerprint density at radius 1 is 0.500 bits per heavy atom. The van der Waals surface area contributed by atoms with Gasteiger partial charge in [-0.1, -0.05) is 130 Å². The van der Waals surface area contributed by atoms with Crippen molar-refractivity contribution in [2.24, 2.45) is 11.8 Å². The van der Waals surface area contributed by atoms with Crippen molar-refractivity contribution in [2.75, 3.05) is 0 Å². The van der Waals surface area contributed by atoms with Gasteiger partial charge in [0.25, 0.3) is 0 Å². The summed E-state index contributed by atoms with van der Waals surface area (Å²) < 4.78 is 0. The van der Waals surface area contributed by atoms with Gasteiger partial charge in [-0.15, -0.1) is 0 Å². The lowest BCUT2D eigenvalue weighted by molar-refractivity contribution is 0.395. The Morgan fingerprint density at radius 3 is 1.32 bits per heavy atom. The van der Waals surface area contributed by atoms with E-state index in [1.165, 1.54) is 103 Å². The van der Waals surface area contributed by atoms with E-state index in [1.54, 1.807) is 0 Å². The Labute approximate surface area is 142 Å². The van der Waals surface area contributed by atoms with Crippen LogP contribution in [0.25, 0.3) is 0 Å². The fourth-order valence-electron chi connectivity index (χ4n) is 3.46. The van der Waals surface area contributed by atoms with Crippen molar-refractivity contribution < 1.29 is 0 Å². The number of rotatable bonds is 17. The van der Waals surface area contributed by atoms with Gasteiger partial charge in [-0.3, -0.25) is 0 Å². The van der Waals surface area contributed by atoms with Gasteiger partial charge in [-0.25, -0.2) is 0 Å². The Balaban J connectivity index is 3.21. The largest absolute Gasteiger partial charge is 0.0654 e. The Bertz CT molecular complexity index is 194. The van der Waals surface area contributed by atoms with E-state index < -0.39 is 0 Å². The molecule has 0 aromatic heterocycles. The summed E-state index contributed by atoms with van der Waals surface area (Å²) in [5.74, 6) is 1.92. The molecule has 0 spiro atoms. The highest BCUT2D eigenvalue weighted by Gasteiger charge is 2.05. The summed E-state index contributed by atoms with van der Waals surface area (Å²) in [6, 6.07) is 0. The van der Waals surface area contributed by atoms with Crippen LogP contribution in [-0.2, 0) is 0 Å². The van der Waals surface area contributed by atoms with Gasteiger partial charge in [-0.2, -0.15) is 0 Å². The van der Waals surface area contributed by atoms with Crippen LogP contribution in [0, 0.1) is 11.8 Å². The molecule has 0 rings (SSSR count). The van der Waals surface area contributed by atoms with Crippen molar-refractivity contribution >= 4 is 0 Å². The molecule has 0 aromatic carbocycles. The lowest BCUT2D eigenvalue weighted by atomic mass is 9.92. The van der Waals surface area contributed by atoms with E-state index >= 15 is 0 Å². The van der Waals surface area contributed by atoms with Gasteiger partial charge in [0.1, 0.15) is 0 Å². The molecule has 0 fully saturated rings. The van der Waals surface area contributed by atoms with Crippen molar-refractivity contribution in [3.63, 3.8) is 0 Å². The molecule has 0 saturated carbocycles. The van der Waals surface area contributed by atoms with E-state index in [-0.39, 0.29) is 0 Å². The average Bonchev–Trinajstić information content (AvgIpc) is 2.50. The summed E-state index contributed by atoms with van der Waals surface area (Å²) in [5, 5.41) is 0. The first-order chi connectivity index (χ1) is 10.7. The summed E-state index contributed by atoms with van der Waals surface area (Å²) in [6.07, 6.45) is 23.4. The predicted octanol–water partition coefficient (Wildman–Crippen LogP) is 8.54. The maximum absolute atomic E-state index is 2.38. The van der Waals surface area contributed by atoms with E-state index in [9.17, 15) is 0 Å². The molecular formula is C22H46. The third-order valence-electron chi connectivity index (χ3n) is 5.19. The molecular weight excluding hydrogens is 264 g/mol. The lowest BCUT2D eigenvalue weighted by Gasteiger charge is -2.14. The standard InChI is InChI=1S/C22H46/c1-5-7-15-19-22(6-2)20-17-14-12-10-8-9-11-13-16-18-21(3)4/h21-22H,5-20H2,1-4H3. The van der Waals surface area contributed by atoms with Crippen molar-refractivity contribution in [2.45, 2.75) is 130 Å². The van der Waals surface area contributed by atoms with Gasteiger partial charge in [0.15, 0.2) is 0 Å². The predicted molar refractivity (Wildman–Crippen MR) is 104 cm³/mol. The molecule has 0 aliphatic rings. The molecule has 134 valence electrons. The molecule has 0 aliphatic heterocycles. The number of unbranched alkanes of at least 4 members (excludes halogenated alkanes) is 10. The zero-order valence-electron chi connectivity index (χ0n) is 16.5. The summed E-state index contributed by atoms with van der Waals surface area (Å²) in [6.45, 7) is 9.38. The van der Waals surface area contributed by atoms with Gasteiger partial charge in [0, 0.05) is 0 Å². The van der Waals surface area contributed by atoms with Gasteiger partial charge in [-0.05, 0) is 11.8 Å². The highest BCUT2D eigenvalue weighted by molar-refractivity contribution is 4.58. The van der Waals surface area contributed by atoms with Crippen LogP contribution >= 0.6 is 0 Å². The molecule has 0 bridgehead atoms. The van der Waals surface area contributed by atoms with Crippen molar-refractivity contribution in [1.29, 1.82) is 0 Å². The minimum Gasteiger partial charge on any atom is -0.0654 e. The molecule has 0 heteroatoms. The van der Waals surface area contributed by atoms with Crippen LogP contribution in [0.5, 0.6) is 0 Å². The van der Waals surface area contributed by atoms with Crippen LogP contribution in [0.2, 0.25) is 0 Å². The minimum atomic E-state index is 0.897. The average molecular weight is 311 g/mol. The Kier molecular flexibility index (Phi) is 17.4. The van der Waals surface area contributed by atoms with E-state index in [4.69, 9.17) is 0 Å². The van der Waals surface area contributed by atoms with Crippen LogP contribution in [-0.4, -0.2) is 0 Å². The van der Waals surface area contributed by atoms with Crippen molar-refractivity contribution in [3.8, 4) is 0 Å². The molecule has 0 heterocycles. The molecule has 0 radical (unpaired) electrons. The maximum atomic E-state index is 2.38. The van der Waals surface area contributed by atoms with Gasteiger partial charge in [0.2, 0.25) is 0 Å². The third kappa shape index (κ3) is 16.4. The van der Waals surface area contributed by atoms with Gasteiger partial charge in [0.05, 0.1) is 0 Å². The van der Waals surface area contributed by atoms with E-state index in [0.717, 1.165) is 11.8 Å². The quantitative estimate of drug-likeness (QED) is 0.236. The first kappa shape index (κ1) is 22.0. The summed E-state index contributed by atoms with van der Waals surface area (Å²) in [4.78, 5) is 0. The third-order valence-corrected chi connectivity index (χ3v) is 5.19.